The van der Waals surface area contributed by atoms with Crippen LogP contribution in [-0.4, -0.2) is 66.5 Å². The Morgan fingerprint density at radius 2 is 0.919 bits per heavy atom. The maximum absolute atomic E-state index is 15.0. The highest BCUT2D eigenvalue weighted by atomic mass is 32.2. The van der Waals surface area contributed by atoms with Gasteiger partial charge < -0.3 is 19.7 Å². The number of carbonyl (C=O) groups excluding carboxylic acids is 1. The fourth-order valence-electron chi connectivity index (χ4n) is 7.09. The molecular formula is C47H52N6O7S2. The third kappa shape index (κ3) is 10.2. The number of sulfone groups is 2. The number of Topliss-reactive ketones (excluding diaryl/α,β-unsaturated/α-hetero) is 1. The predicted octanol–water partition coefficient (Wildman–Crippen LogP) is 9.26. The molecule has 0 radical (unpaired) electrons. The summed E-state index contributed by atoms with van der Waals surface area (Å²) in [6.07, 6.45) is 7.10. The minimum absolute atomic E-state index is 0.109. The van der Waals surface area contributed by atoms with Crippen molar-refractivity contribution >= 4 is 36.9 Å². The van der Waals surface area contributed by atoms with Crippen LogP contribution in [0.4, 0.5) is 0 Å². The normalized spacial score (nSPS) is 13.9. The lowest BCUT2D eigenvalue weighted by atomic mass is 9.75. The topological polar surface area (TPSA) is 211 Å². The van der Waals surface area contributed by atoms with E-state index in [9.17, 15) is 32.4 Å². The summed E-state index contributed by atoms with van der Waals surface area (Å²) in [7, 11) is -6.66. The van der Waals surface area contributed by atoms with Crippen molar-refractivity contribution in [2.75, 3.05) is 12.5 Å². The zero-order chi connectivity index (χ0) is 45.1. The monoisotopic (exact) mass is 876 g/mol. The van der Waals surface area contributed by atoms with Crippen LogP contribution in [0.1, 0.15) is 63.4 Å². The average molecular weight is 877 g/mol. The fraction of sp³-hybridized carbons (Fsp3) is 0.340. The Balaban J connectivity index is 1.26. The molecule has 0 saturated carbocycles. The van der Waals surface area contributed by atoms with Crippen LogP contribution in [0, 0.1) is 48.3 Å². The van der Waals surface area contributed by atoms with Gasteiger partial charge in [0.05, 0.1) is 55.5 Å². The molecule has 62 heavy (non-hydrogen) atoms. The highest BCUT2D eigenvalue weighted by Crippen LogP contribution is 2.32. The molecule has 4 atom stereocenters. The lowest BCUT2D eigenvalue weighted by Crippen LogP contribution is -2.40. The number of carbonyl (C=O) groups is 1. The highest BCUT2D eigenvalue weighted by molar-refractivity contribution is 7.91. The molecule has 0 aliphatic heterocycles. The van der Waals surface area contributed by atoms with Crippen LogP contribution < -0.4 is 0 Å². The van der Waals surface area contributed by atoms with E-state index in [0.717, 1.165) is 23.6 Å². The van der Waals surface area contributed by atoms with Crippen LogP contribution in [0.5, 0.6) is 0 Å². The van der Waals surface area contributed by atoms with Crippen molar-refractivity contribution in [2.24, 2.45) is 23.7 Å². The molecule has 0 fully saturated rings. The third-order valence-electron chi connectivity index (χ3n) is 11.5. The van der Waals surface area contributed by atoms with Crippen molar-refractivity contribution in [1.29, 1.82) is 10.8 Å². The SMILES string of the molecule is CC[C@@H](C)C(=N)C(Cc1nc(-c2ccc(-c3ccc(S(C)(=O)=O)cc3)nc2)oc1C)C(=O)C(Cc1nc(-c2ccc(-c3ccc(S(C)(=O)=O)cc3)nc2)oc1C)C(=N)[C@H](C)CC. The van der Waals surface area contributed by atoms with E-state index in [1.54, 1.807) is 86.9 Å². The van der Waals surface area contributed by atoms with E-state index in [0.29, 0.717) is 70.0 Å². The second kappa shape index (κ2) is 18.6. The number of aryl methyl sites for hydroxylation is 2. The molecule has 0 bridgehead atoms. The molecule has 0 aliphatic rings. The predicted molar refractivity (Wildman–Crippen MR) is 240 cm³/mol. The molecule has 4 aromatic heterocycles. The van der Waals surface area contributed by atoms with Crippen LogP contribution in [0.15, 0.2) is 104 Å². The number of nitrogens with one attached hydrogen (secondary N) is 2. The zero-order valence-corrected chi connectivity index (χ0v) is 37.8. The molecule has 15 heteroatoms. The Morgan fingerprint density at radius 1 is 0.581 bits per heavy atom. The van der Waals surface area contributed by atoms with Gasteiger partial charge in [0.15, 0.2) is 25.5 Å². The summed E-state index contributed by atoms with van der Waals surface area (Å²) in [6, 6.07) is 20.2. The smallest absolute Gasteiger partial charge is 0.228 e. The Kier molecular flexibility index (Phi) is 13.7. The van der Waals surface area contributed by atoms with Gasteiger partial charge in [0.1, 0.15) is 11.5 Å². The maximum atomic E-state index is 15.0. The zero-order valence-electron chi connectivity index (χ0n) is 36.2. The summed E-state index contributed by atoms with van der Waals surface area (Å²) in [5.41, 5.74) is 5.59. The molecule has 2 aromatic carbocycles. The van der Waals surface area contributed by atoms with Crippen molar-refractivity contribution in [1.82, 2.24) is 19.9 Å². The molecule has 0 spiro atoms. The standard InChI is InChI=1S/C47H52N6O7S2/c1-9-27(3)43(48)37(23-41-29(5)59-46(52-41)33-15-21-39(50-25-33)31-11-17-35(18-12-31)61(7,55)56)45(54)38(44(49)28(4)10-2)24-42-30(6)60-47(53-42)34-16-22-40(51-26-34)32-13-19-36(20-14-32)62(8,57)58/h11-22,25-28,37-38,48-49H,9-10,23-24H2,1-8H3/t27-,28-,37?,38?/m1/s1. The van der Waals surface area contributed by atoms with Gasteiger partial charge in [-0.25, -0.2) is 26.8 Å². The number of aromatic nitrogens is 4. The van der Waals surface area contributed by atoms with Crippen molar-refractivity contribution in [3.63, 3.8) is 0 Å². The summed E-state index contributed by atoms with van der Waals surface area (Å²) in [5, 5.41) is 18.6. The van der Waals surface area contributed by atoms with Crippen LogP contribution >= 0.6 is 0 Å². The van der Waals surface area contributed by atoms with Gasteiger partial charge >= 0.3 is 0 Å². The largest absolute Gasteiger partial charge is 0.441 e. The van der Waals surface area contributed by atoms with E-state index in [-0.39, 0.29) is 51.7 Å². The van der Waals surface area contributed by atoms with Gasteiger partial charge in [-0.2, -0.15) is 0 Å². The van der Waals surface area contributed by atoms with Gasteiger partial charge in [0.25, 0.3) is 0 Å². The Morgan fingerprint density at radius 3 is 1.21 bits per heavy atom. The number of benzene rings is 2. The van der Waals surface area contributed by atoms with E-state index >= 15 is 0 Å². The van der Waals surface area contributed by atoms with Gasteiger partial charge in [-0.05, 0) is 87.1 Å². The summed E-state index contributed by atoms with van der Waals surface area (Å²) >= 11 is 0. The van der Waals surface area contributed by atoms with Gasteiger partial charge in [0.2, 0.25) is 11.8 Å². The van der Waals surface area contributed by atoms with Gasteiger partial charge in [-0.15, -0.1) is 0 Å². The van der Waals surface area contributed by atoms with Gasteiger partial charge in [0, 0.05) is 60.3 Å². The molecule has 0 aliphatic carbocycles. The van der Waals surface area contributed by atoms with Crippen molar-refractivity contribution in [2.45, 2.75) is 77.0 Å². The molecule has 2 unspecified atom stereocenters. The first-order chi connectivity index (χ1) is 29.3. The number of rotatable bonds is 18. The Bertz CT molecular complexity index is 2620. The van der Waals surface area contributed by atoms with Crippen LogP contribution in [0.25, 0.3) is 45.4 Å². The molecule has 0 amide bonds. The minimum atomic E-state index is -3.33. The Labute approximate surface area is 363 Å². The number of hydrogen-bond acceptors (Lipinski definition) is 13. The first-order valence-corrected chi connectivity index (χ1v) is 24.2. The summed E-state index contributed by atoms with van der Waals surface area (Å²) in [5.74, 6) is -0.800. The quantitative estimate of drug-likeness (QED) is 0.0777. The fourth-order valence-corrected chi connectivity index (χ4v) is 8.35. The lowest BCUT2D eigenvalue weighted by molar-refractivity contribution is -0.123. The molecule has 324 valence electrons. The minimum Gasteiger partial charge on any atom is -0.441 e. The van der Waals surface area contributed by atoms with Crippen molar-refractivity contribution in [3.8, 4) is 45.4 Å². The molecule has 0 saturated heterocycles. The molecule has 6 rings (SSSR count). The number of pyridine rings is 2. The number of hydrogen-bond donors (Lipinski definition) is 2. The van der Waals surface area contributed by atoms with E-state index in [2.05, 4.69) is 9.97 Å². The van der Waals surface area contributed by atoms with E-state index < -0.39 is 31.5 Å². The maximum Gasteiger partial charge on any atom is 0.228 e. The number of oxazole rings is 2. The van der Waals surface area contributed by atoms with E-state index in [1.807, 2.05) is 39.8 Å². The second-order valence-electron chi connectivity index (χ2n) is 15.9. The molecule has 6 aromatic rings. The third-order valence-corrected chi connectivity index (χ3v) is 13.7. The van der Waals surface area contributed by atoms with Crippen LogP contribution in [0.2, 0.25) is 0 Å². The van der Waals surface area contributed by atoms with E-state index in [4.69, 9.17) is 18.8 Å². The summed E-state index contributed by atoms with van der Waals surface area (Å²) in [4.78, 5) is 34.2. The molecular weight excluding hydrogens is 825 g/mol. The van der Waals surface area contributed by atoms with Gasteiger partial charge in [-0.3, -0.25) is 14.8 Å². The second-order valence-corrected chi connectivity index (χ2v) is 20.0. The first kappa shape index (κ1) is 45.6. The van der Waals surface area contributed by atoms with Crippen LogP contribution in [-0.2, 0) is 37.3 Å². The summed E-state index contributed by atoms with van der Waals surface area (Å²) in [6.45, 7) is 11.4. The van der Waals surface area contributed by atoms with Crippen molar-refractivity contribution < 1.29 is 30.5 Å². The van der Waals surface area contributed by atoms with E-state index in [1.165, 1.54) is 0 Å². The lowest BCUT2D eigenvalue weighted by Gasteiger charge is -2.27. The highest BCUT2D eigenvalue weighted by Gasteiger charge is 2.37. The van der Waals surface area contributed by atoms with Crippen LogP contribution in [0.3, 0.4) is 0 Å². The molecule has 13 nitrogen and oxygen atoms in total. The molecule has 4 heterocycles. The first-order valence-electron chi connectivity index (χ1n) is 20.5. The number of nitrogens with zero attached hydrogens (tertiary/aromatic N) is 4. The molecule has 2 N–H and O–H groups in total. The number of ketones is 1. The summed E-state index contributed by atoms with van der Waals surface area (Å²) < 4.78 is 59.9. The Hall–Kier alpha value is -5.93. The van der Waals surface area contributed by atoms with Crippen molar-refractivity contribution in [3.05, 3.63) is 108 Å². The van der Waals surface area contributed by atoms with Gasteiger partial charge in [-0.1, -0.05) is 52.0 Å². The average Bonchev–Trinajstić information content (AvgIpc) is 3.83.